The first-order valence-electron chi connectivity index (χ1n) is 7.70. The smallest absolute Gasteiger partial charge is 0.128 e. The molecule has 0 aliphatic carbocycles. The molecule has 0 aromatic heterocycles. The van der Waals surface area contributed by atoms with E-state index in [1.165, 1.54) is 12.5 Å². The van der Waals surface area contributed by atoms with Gasteiger partial charge in [0.15, 0.2) is 0 Å². The van der Waals surface area contributed by atoms with Gasteiger partial charge in [0, 0.05) is 30.6 Å². The molecule has 0 saturated carbocycles. The molecule has 2 nitrogen and oxygen atoms in total. The quantitative estimate of drug-likeness (QED) is 0.861. The maximum Gasteiger partial charge on any atom is 0.128 e. The monoisotopic (exact) mass is 289 g/mol. The van der Waals surface area contributed by atoms with E-state index >= 15 is 0 Å². The molecule has 1 N–H and O–H groups in total. The predicted octanol–water partition coefficient (Wildman–Crippen LogP) is 3.04. The maximum absolute atomic E-state index is 14.1. The standard InChI is InChI=1S/C18H24FNO/c1-14(2)16-8-9-20(12-16)13-17-7-6-15(11-18(17)19)5-3-4-10-21/h6-7,11,14,16,21H,4,8-10,12-13H2,1-2H3. The Kier molecular flexibility index (Phi) is 5.78. The van der Waals surface area contributed by atoms with Crippen molar-refractivity contribution in [3.05, 3.63) is 35.1 Å². The second kappa shape index (κ2) is 7.59. The summed E-state index contributed by atoms with van der Waals surface area (Å²) in [4.78, 5) is 2.33. The third kappa shape index (κ3) is 4.56. The highest BCUT2D eigenvalue weighted by molar-refractivity contribution is 5.37. The summed E-state index contributed by atoms with van der Waals surface area (Å²) in [6, 6.07) is 5.19. The molecule has 0 bridgehead atoms. The van der Waals surface area contributed by atoms with E-state index in [1.54, 1.807) is 0 Å². The van der Waals surface area contributed by atoms with Crippen molar-refractivity contribution in [1.82, 2.24) is 4.90 Å². The lowest BCUT2D eigenvalue weighted by molar-refractivity contribution is 0.293. The molecular formula is C18H24FNO. The van der Waals surface area contributed by atoms with Gasteiger partial charge in [0.05, 0.1) is 6.61 Å². The first-order chi connectivity index (χ1) is 10.1. The second-order valence-corrected chi connectivity index (χ2v) is 6.11. The summed E-state index contributed by atoms with van der Waals surface area (Å²) in [5.41, 5.74) is 1.42. The molecule has 1 unspecified atom stereocenters. The van der Waals surface area contributed by atoms with Crippen LogP contribution >= 0.6 is 0 Å². The third-order valence-electron chi connectivity index (χ3n) is 4.17. The van der Waals surface area contributed by atoms with Crippen LogP contribution in [0.25, 0.3) is 0 Å². The van der Waals surface area contributed by atoms with Crippen molar-refractivity contribution in [1.29, 1.82) is 0 Å². The molecule has 1 aliphatic heterocycles. The van der Waals surface area contributed by atoms with Gasteiger partial charge in [0.1, 0.15) is 5.82 Å². The summed E-state index contributed by atoms with van der Waals surface area (Å²) < 4.78 is 14.1. The molecule has 1 fully saturated rings. The molecule has 0 spiro atoms. The fraction of sp³-hybridized carbons (Fsp3) is 0.556. The molecule has 2 rings (SSSR count). The maximum atomic E-state index is 14.1. The Bertz CT molecular complexity index is 530. The van der Waals surface area contributed by atoms with E-state index in [9.17, 15) is 4.39 Å². The Hall–Kier alpha value is -1.37. The van der Waals surface area contributed by atoms with Gasteiger partial charge >= 0.3 is 0 Å². The van der Waals surface area contributed by atoms with Crippen LogP contribution in [0, 0.1) is 29.5 Å². The average molecular weight is 289 g/mol. The van der Waals surface area contributed by atoms with Crippen LogP contribution in [-0.2, 0) is 6.54 Å². The van der Waals surface area contributed by atoms with Gasteiger partial charge in [-0.2, -0.15) is 0 Å². The zero-order chi connectivity index (χ0) is 15.2. The van der Waals surface area contributed by atoms with Gasteiger partial charge in [-0.15, -0.1) is 0 Å². The first kappa shape index (κ1) is 16.0. The lowest BCUT2D eigenvalue weighted by Gasteiger charge is -2.18. The van der Waals surface area contributed by atoms with Gasteiger partial charge in [0.2, 0.25) is 0 Å². The molecule has 21 heavy (non-hydrogen) atoms. The van der Waals surface area contributed by atoms with Crippen LogP contribution in [0.4, 0.5) is 4.39 Å². The van der Waals surface area contributed by atoms with Crippen molar-refractivity contribution in [2.45, 2.75) is 33.2 Å². The lowest BCUT2D eigenvalue weighted by Crippen LogP contribution is -2.22. The Morgan fingerprint density at radius 2 is 2.24 bits per heavy atom. The number of hydrogen-bond donors (Lipinski definition) is 1. The normalized spacial score (nSPS) is 18.8. The molecule has 1 aliphatic rings. The van der Waals surface area contributed by atoms with Crippen LogP contribution in [0.5, 0.6) is 0 Å². The number of halogens is 1. The highest BCUT2D eigenvalue weighted by atomic mass is 19.1. The van der Waals surface area contributed by atoms with Crippen LogP contribution in [0.3, 0.4) is 0 Å². The lowest BCUT2D eigenvalue weighted by atomic mass is 9.95. The van der Waals surface area contributed by atoms with Crippen molar-refractivity contribution < 1.29 is 9.50 Å². The molecule has 1 saturated heterocycles. The minimum absolute atomic E-state index is 0.0412. The van der Waals surface area contributed by atoms with Crippen molar-refractivity contribution in [2.24, 2.45) is 11.8 Å². The van der Waals surface area contributed by atoms with Crippen LogP contribution in [0.2, 0.25) is 0 Å². The van der Waals surface area contributed by atoms with Gasteiger partial charge in [0.25, 0.3) is 0 Å². The Morgan fingerprint density at radius 1 is 1.43 bits per heavy atom. The number of hydrogen-bond acceptors (Lipinski definition) is 2. The predicted molar refractivity (Wildman–Crippen MR) is 83.2 cm³/mol. The summed E-state index contributed by atoms with van der Waals surface area (Å²) in [5, 5.41) is 8.68. The van der Waals surface area contributed by atoms with Gasteiger partial charge < -0.3 is 5.11 Å². The Labute approximate surface area is 127 Å². The van der Waals surface area contributed by atoms with Gasteiger partial charge in [-0.1, -0.05) is 31.8 Å². The first-order valence-corrected chi connectivity index (χ1v) is 7.70. The SMILES string of the molecule is CC(C)C1CCN(Cc2ccc(C#CCCO)cc2F)C1. The number of aliphatic hydroxyl groups excluding tert-OH is 1. The molecular weight excluding hydrogens is 265 g/mol. The largest absolute Gasteiger partial charge is 0.395 e. The summed E-state index contributed by atoms with van der Waals surface area (Å²) in [7, 11) is 0. The van der Waals surface area contributed by atoms with Crippen molar-refractivity contribution in [3.8, 4) is 11.8 Å². The van der Waals surface area contributed by atoms with Crippen LogP contribution < -0.4 is 0 Å². The second-order valence-electron chi connectivity index (χ2n) is 6.11. The van der Waals surface area contributed by atoms with Gasteiger partial charge in [-0.3, -0.25) is 4.90 Å². The third-order valence-corrected chi connectivity index (χ3v) is 4.17. The number of nitrogens with zero attached hydrogens (tertiary/aromatic N) is 1. The molecule has 1 aromatic carbocycles. The zero-order valence-corrected chi connectivity index (χ0v) is 12.9. The fourth-order valence-corrected chi connectivity index (χ4v) is 2.77. The fourth-order valence-electron chi connectivity index (χ4n) is 2.77. The molecule has 0 radical (unpaired) electrons. The van der Waals surface area contributed by atoms with E-state index in [0.717, 1.165) is 24.6 Å². The summed E-state index contributed by atoms with van der Waals surface area (Å²) in [5.74, 6) is 6.93. The highest BCUT2D eigenvalue weighted by Gasteiger charge is 2.25. The van der Waals surface area contributed by atoms with Gasteiger partial charge in [-0.05, 0) is 36.9 Å². The minimum atomic E-state index is -0.182. The van der Waals surface area contributed by atoms with E-state index in [-0.39, 0.29) is 12.4 Å². The van der Waals surface area contributed by atoms with Crippen LogP contribution in [-0.4, -0.2) is 29.7 Å². The molecule has 1 heterocycles. The van der Waals surface area contributed by atoms with E-state index in [0.29, 0.717) is 24.4 Å². The number of aliphatic hydroxyl groups is 1. The number of likely N-dealkylation sites (tertiary alicyclic amines) is 1. The summed E-state index contributed by atoms with van der Waals surface area (Å²) in [6.07, 6.45) is 1.64. The minimum Gasteiger partial charge on any atom is -0.395 e. The van der Waals surface area contributed by atoms with E-state index < -0.39 is 0 Å². The van der Waals surface area contributed by atoms with E-state index in [4.69, 9.17) is 5.11 Å². The molecule has 1 atom stereocenters. The topological polar surface area (TPSA) is 23.5 Å². The Balaban J connectivity index is 1.97. The highest BCUT2D eigenvalue weighted by Crippen LogP contribution is 2.25. The van der Waals surface area contributed by atoms with Gasteiger partial charge in [-0.25, -0.2) is 4.39 Å². The Morgan fingerprint density at radius 3 is 2.86 bits per heavy atom. The molecule has 114 valence electrons. The van der Waals surface area contributed by atoms with E-state index in [2.05, 4.69) is 30.6 Å². The van der Waals surface area contributed by atoms with Crippen molar-refractivity contribution in [3.63, 3.8) is 0 Å². The van der Waals surface area contributed by atoms with E-state index in [1.807, 2.05) is 12.1 Å². The number of rotatable bonds is 4. The number of benzene rings is 1. The summed E-state index contributed by atoms with van der Waals surface area (Å²) in [6.45, 7) is 7.36. The molecule has 1 aromatic rings. The molecule has 3 heteroatoms. The zero-order valence-electron chi connectivity index (χ0n) is 12.9. The summed E-state index contributed by atoms with van der Waals surface area (Å²) >= 11 is 0. The van der Waals surface area contributed by atoms with Crippen molar-refractivity contribution >= 4 is 0 Å². The van der Waals surface area contributed by atoms with Crippen LogP contribution in [0.15, 0.2) is 18.2 Å². The molecule has 0 amide bonds. The van der Waals surface area contributed by atoms with Crippen molar-refractivity contribution in [2.75, 3.05) is 19.7 Å². The average Bonchev–Trinajstić information content (AvgIpc) is 2.91. The van der Waals surface area contributed by atoms with Crippen LogP contribution in [0.1, 0.15) is 37.8 Å².